The minimum absolute atomic E-state index is 0.253. The van der Waals surface area contributed by atoms with Gasteiger partial charge < -0.3 is 13.8 Å². The van der Waals surface area contributed by atoms with Gasteiger partial charge >= 0.3 is 15.6 Å². The SMILES string of the molecule is CC(C)(C)Oc1ccc(C(C)(C)c2ccc(OP(C)(=O)Oc3ccc(C(C)(C)c4ccc(O[P+](=O)C(C)(C)C)cc4)cc3)cc2)cc1. The lowest BCUT2D eigenvalue weighted by Crippen LogP contribution is -2.23. The Bertz CT molecular complexity index is 1710. The van der Waals surface area contributed by atoms with Gasteiger partial charge in [0.05, 0.1) is 6.66 Å². The zero-order valence-electron chi connectivity index (χ0n) is 29.6. The maximum atomic E-state index is 13.4. The molecule has 4 rings (SSSR count). The Hall–Kier alpha value is -3.59. The van der Waals surface area contributed by atoms with Crippen LogP contribution in [0.1, 0.15) is 91.5 Å². The molecule has 0 radical (unpaired) electrons. The van der Waals surface area contributed by atoms with Crippen molar-refractivity contribution in [1.82, 2.24) is 0 Å². The first kappa shape index (κ1) is 36.2. The van der Waals surface area contributed by atoms with Gasteiger partial charge in [0.2, 0.25) is 0 Å². The zero-order valence-corrected chi connectivity index (χ0v) is 31.4. The van der Waals surface area contributed by atoms with Crippen LogP contribution in [0, 0.1) is 0 Å². The summed E-state index contributed by atoms with van der Waals surface area (Å²) in [5.74, 6) is 2.35. The Morgan fingerprint density at radius 1 is 0.489 bits per heavy atom. The van der Waals surface area contributed by atoms with E-state index in [2.05, 4.69) is 39.8 Å². The van der Waals surface area contributed by atoms with Crippen molar-refractivity contribution in [2.24, 2.45) is 0 Å². The summed E-state index contributed by atoms with van der Waals surface area (Å²) in [7, 11) is -5.30. The van der Waals surface area contributed by atoms with Crippen molar-refractivity contribution in [1.29, 1.82) is 0 Å². The third-order valence-corrected chi connectivity index (χ3v) is 10.6. The summed E-state index contributed by atoms with van der Waals surface area (Å²) in [5, 5.41) is -0.428. The largest absolute Gasteiger partial charge is 0.561 e. The van der Waals surface area contributed by atoms with Crippen LogP contribution in [0.2, 0.25) is 0 Å². The molecule has 0 aromatic heterocycles. The van der Waals surface area contributed by atoms with Crippen LogP contribution in [0.4, 0.5) is 0 Å². The summed E-state index contributed by atoms with van der Waals surface area (Å²) < 4.78 is 49.1. The van der Waals surface area contributed by atoms with Crippen molar-refractivity contribution < 1.29 is 27.4 Å². The fraction of sp³-hybridized carbons (Fsp3) is 0.385. The highest BCUT2D eigenvalue weighted by Crippen LogP contribution is 2.46. The van der Waals surface area contributed by atoms with E-state index < -0.39 is 20.8 Å². The third kappa shape index (κ3) is 9.49. The van der Waals surface area contributed by atoms with Crippen LogP contribution in [-0.2, 0) is 20.0 Å². The van der Waals surface area contributed by atoms with Gasteiger partial charge in [0.1, 0.15) is 22.8 Å². The van der Waals surface area contributed by atoms with Crippen LogP contribution in [0.3, 0.4) is 0 Å². The van der Waals surface area contributed by atoms with Crippen LogP contribution < -0.4 is 18.3 Å². The van der Waals surface area contributed by atoms with Crippen LogP contribution in [-0.4, -0.2) is 17.4 Å². The first-order valence-corrected chi connectivity index (χ1v) is 19.1. The zero-order chi connectivity index (χ0) is 34.8. The fourth-order valence-electron chi connectivity index (χ4n) is 5.06. The van der Waals surface area contributed by atoms with Gasteiger partial charge in [-0.15, -0.1) is 0 Å². The molecule has 0 aliphatic heterocycles. The second-order valence-corrected chi connectivity index (χ2v) is 19.0. The molecular formula is C39H49O6P2+. The van der Waals surface area contributed by atoms with Crippen LogP contribution >= 0.6 is 15.6 Å². The number of benzene rings is 4. The van der Waals surface area contributed by atoms with E-state index in [4.69, 9.17) is 18.3 Å². The van der Waals surface area contributed by atoms with Gasteiger partial charge in [-0.05, 0) is 117 Å². The average molecular weight is 676 g/mol. The molecule has 2 atom stereocenters. The summed E-state index contributed by atoms with van der Waals surface area (Å²) in [6.45, 7) is 21.8. The highest BCUT2D eigenvalue weighted by Gasteiger charge is 2.38. The molecule has 0 bridgehead atoms. The van der Waals surface area contributed by atoms with Crippen molar-refractivity contribution in [3.63, 3.8) is 0 Å². The molecule has 8 heteroatoms. The van der Waals surface area contributed by atoms with E-state index >= 15 is 0 Å². The van der Waals surface area contributed by atoms with E-state index in [1.54, 1.807) is 0 Å². The molecule has 4 aromatic carbocycles. The molecule has 0 spiro atoms. The van der Waals surface area contributed by atoms with Gasteiger partial charge in [-0.2, -0.15) is 0 Å². The number of rotatable bonds is 11. The molecule has 4 aromatic rings. The van der Waals surface area contributed by atoms with E-state index in [-0.39, 0.29) is 16.4 Å². The van der Waals surface area contributed by atoms with E-state index in [0.717, 1.165) is 28.0 Å². The van der Waals surface area contributed by atoms with Crippen molar-refractivity contribution in [3.05, 3.63) is 119 Å². The number of hydrogen-bond donors (Lipinski definition) is 0. The molecule has 0 saturated heterocycles. The second kappa shape index (κ2) is 13.5. The molecule has 0 saturated carbocycles. The van der Waals surface area contributed by atoms with Crippen molar-refractivity contribution in [2.45, 2.75) is 90.8 Å². The summed E-state index contributed by atoms with van der Waals surface area (Å²) >= 11 is 0. The van der Waals surface area contributed by atoms with E-state index in [9.17, 15) is 9.13 Å². The molecule has 0 amide bonds. The average Bonchev–Trinajstić information content (AvgIpc) is 2.96. The predicted molar refractivity (Wildman–Crippen MR) is 193 cm³/mol. The lowest BCUT2D eigenvalue weighted by molar-refractivity contribution is 0.131. The summed E-state index contributed by atoms with van der Waals surface area (Å²) in [4.78, 5) is 0. The monoisotopic (exact) mass is 675 g/mol. The summed E-state index contributed by atoms with van der Waals surface area (Å²) in [5.41, 5.74) is 3.55. The Morgan fingerprint density at radius 3 is 1.09 bits per heavy atom. The van der Waals surface area contributed by atoms with Gasteiger partial charge in [0.25, 0.3) is 0 Å². The highest BCUT2D eigenvalue weighted by atomic mass is 31.2. The van der Waals surface area contributed by atoms with E-state index in [1.807, 2.05) is 126 Å². The molecule has 0 N–H and O–H groups in total. The second-order valence-electron chi connectivity index (χ2n) is 15.0. The molecule has 0 aliphatic rings. The van der Waals surface area contributed by atoms with Gasteiger partial charge in [0.15, 0.2) is 10.9 Å². The molecule has 0 heterocycles. The van der Waals surface area contributed by atoms with Crippen molar-refractivity contribution in [3.8, 4) is 23.0 Å². The Morgan fingerprint density at radius 2 is 0.787 bits per heavy atom. The maximum absolute atomic E-state index is 13.4. The lowest BCUT2D eigenvalue weighted by Gasteiger charge is -2.27. The first-order chi connectivity index (χ1) is 21.7. The normalized spacial score (nSPS) is 14.1. The fourth-order valence-corrected chi connectivity index (χ4v) is 6.69. The maximum Gasteiger partial charge on any atom is 0.561 e. The van der Waals surface area contributed by atoms with Gasteiger partial charge in [-0.3, -0.25) is 4.52 Å². The smallest absolute Gasteiger partial charge is 0.488 e. The minimum Gasteiger partial charge on any atom is -0.488 e. The Labute approximate surface area is 282 Å². The topological polar surface area (TPSA) is 71.1 Å². The predicted octanol–water partition coefficient (Wildman–Crippen LogP) is 11.7. The van der Waals surface area contributed by atoms with E-state index in [1.165, 1.54) is 6.66 Å². The Balaban J connectivity index is 1.39. The summed E-state index contributed by atoms with van der Waals surface area (Å²) in [6, 6.07) is 31.1. The molecule has 47 heavy (non-hydrogen) atoms. The van der Waals surface area contributed by atoms with Gasteiger partial charge in [-0.1, -0.05) is 76.2 Å². The molecule has 0 fully saturated rings. The summed E-state index contributed by atoms with van der Waals surface area (Å²) in [6.07, 6.45) is 0. The minimum atomic E-state index is -3.47. The van der Waals surface area contributed by atoms with Crippen LogP contribution in [0.25, 0.3) is 0 Å². The third-order valence-electron chi connectivity index (χ3n) is 8.01. The molecule has 6 nitrogen and oxygen atoms in total. The molecule has 250 valence electrons. The molecular weight excluding hydrogens is 626 g/mol. The molecule has 2 unspecified atom stereocenters. The van der Waals surface area contributed by atoms with Crippen LogP contribution in [0.5, 0.6) is 23.0 Å². The van der Waals surface area contributed by atoms with Crippen molar-refractivity contribution in [2.75, 3.05) is 6.66 Å². The van der Waals surface area contributed by atoms with E-state index in [0.29, 0.717) is 17.2 Å². The number of ether oxygens (including phenoxy) is 1. The number of hydrogen-bond acceptors (Lipinski definition) is 6. The standard InChI is InChI=1S/C39H49O6P2/c1-36(2,3)42-32-20-12-28(13-21-32)38(7,8)30-16-24-34(25-17-30)44-47(11,41)45-35-26-18-31(19-27-35)39(9,10)29-14-22-33(23-15-29)43-46(40)37(4,5)6/h12-27H,1-11H3/q+1. The van der Waals surface area contributed by atoms with Crippen LogP contribution in [0.15, 0.2) is 97.1 Å². The first-order valence-electron chi connectivity index (χ1n) is 15.9. The van der Waals surface area contributed by atoms with Gasteiger partial charge in [0, 0.05) is 10.8 Å². The lowest BCUT2D eigenvalue weighted by atomic mass is 9.78. The van der Waals surface area contributed by atoms with Gasteiger partial charge in [-0.25, -0.2) is 4.57 Å². The molecule has 0 aliphatic carbocycles. The van der Waals surface area contributed by atoms with Crippen molar-refractivity contribution >= 4 is 15.6 Å². The quantitative estimate of drug-likeness (QED) is 0.147. The highest BCUT2D eigenvalue weighted by molar-refractivity contribution is 7.53. The Kier molecular flexibility index (Phi) is 10.4.